The third-order valence-corrected chi connectivity index (χ3v) is 6.22. The molecule has 0 saturated heterocycles. The maximum atomic E-state index is 12.4. The number of nitrogens with one attached hydrogen (secondary N) is 2. The predicted molar refractivity (Wildman–Crippen MR) is 83.1 cm³/mol. The highest BCUT2D eigenvalue weighted by Gasteiger charge is 2.31. The molecular formula is C15H22N2O3S. The number of rotatable bonds is 4. The molecule has 21 heavy (non-hydrogen) atoms. The second-order valence-electron chi connectivity index (χ2n) is 6.08. The van der Waals surface area contributed by atoms with Crippen LogP contribution in [0.15, 0.2) is 18.2 Å². The molecule has 0 atom stereocenters. The van der Waals surface area contributed by atoms with E-state index in [-0.39, 0.29) is 12.5 Å². The van der Waals surface area contributed by atoms with Gasteiger partial charge in [0.15, 0.2) is 9.84 Å². The fourth-order valence-corrected chi connectivity index (χ4v) is 2.60. The maximum Gasteiger partial charge on any atom is 0.251 e. The van der Waals surface area contributed by atoms with Crippen LogP contribution in [0.4, 0.5) is 0 Å². The van der Waals surface area contributed by atoms with Crippen molar-refractivity contribution in [3.63, 3.8) is 0 Å². The Labute approximate surface area is 126 Å². The van der Waals surface area contributed by atoms with Gasteiger partial charge in [0.2, 0.25) is 0 Å². The van der Waals surface area contributed by atoms with Crippen LogP contribution in [0.25, 0.3) is 0 Å². The quantitative estimate of drug-likeness (QED) is 0.866. The lowest BCUT2D eigenvalue weighted by Crippen LogP contribution is -2.44. The van der Waals surface area contributed by atoms with Crippen LogP contribution in [0.2, 0.25) is 0 Å². The minimum atomic E-state index is -3.22. The summed E-state index contributed by atoms with van der Waals surface area (Å²) in [5, 5.41) is 6.03. The third kappa shape index (κ3) is 3.44. The summed E-state index contributed by atoms with van der Waals surface area (Å²) in [7, 11) is -3.22. The molecule has 5 nitrogen and oxygen atoms in total. The number of hydrogen-bond donors (Lipinski definition) is 2. The highest BCUT2D eigenvalue weighted by Crippen LogP contribution is 2.19. The van der Waals surface area contributed by atoms with Crippen LogP contribution >= 0.6 is 0 Å². The molecule has 0 radical (unpaired) electrons. The van der Waals surface area contributed by atoms with Gasteiger partial charge in [0.05, 0.1) is 4.75 Å². The number of fused-ring (bicyclic) bond motifs is 1. The zero-order chi connectivity index (χ0) is 15.7. The Morgan fingerprint density at radius 2 is 2.10 bits per heavy atom. The maximum absolute atomic E-state index is 12.4. The Morgan fingerprint density at radius 3 is 2.76 bits per heavy atom. The van der Waals surface area contributed by atoms with E-state index in [9.17, 15) is 13.2 Å². The first-order valence-electron chi connectivity index (χ1n) is 7.02. The van der Waals surface area contributed by atoms with E-state index in [1.54, 1.807) is 19.9 Å². The van der Waals surface area contributed by atoms with Gasteiger partial charge in [-0.3, -0.25) is 4.79 Å². The highest BCUT2D eigenvalue weighted by atomic mass is 32.2. The van der Waals surface area contributed by atoms with E-state index in [0.717, 1.165) is 30.6 Å². The highest BCUT2D eigenvalue weighted by molar-refractivity contribution is 7.92. The fourth-order valence-electron chi connectivity index (χ4n) is 2.26. The molecule has 1 aromatic carbocycles. The SMILES string of the molecule is CC(C)(CNC(=O)c1cccc2c1CCNC2)S(C)(=O)=O. The number of carbonyl (C=O) groups is 1. The average Bonchev–Trinajstić information content (AvgIpc) is 2.43. The Kier molecular flexibility index (Phi) is 4.39. The average molecular weight is 310 g/mol. The molecule has 1 aromatic rings. The summed E-state index contributed by atoms with van der Waals surface area (Å²) >= 11 is 0. The van der Waals surface area contributed by atoms with Gasteiger partial charge in [-0.2, -0.15) is 0 Å². The van der Waals surface area contributed by atoms with E-state index in [1.807, 2.05) is 12.1 Å². The predicted octanol–water partition coefficient (Wildman–Crippen LogP) is 0.885. The van der Waals surface area contributed by atoms with E-state index in [2.05, 4.69) is 10.6 Å². The monoisotopic (exact) mass is 310 g/mol. The number of amides is 1. The van der Waals surface area contributed by atoms with Crippen LogP contribution in [0.3, 0.4) is 0 Å². The van der Waals surface area contributed by atoms with Crippen LogP contribution in [-0.2, 0) is 22.8 Å². The molecule has 1 aliphatic heterocycles. The van der Waals surface area contributed by atoms with Crippen LogP contribution < -0.4 is 10.6 Å². The molecule has 116 valence electrons. The summed E-state index contributed by atoms with van der Waals surface area (Å²) < 4.78 is 22.4. The van der Waals surface area contributed by atoms with Crippen molar-refractivity contribution in [1.29, 1.82) is 0 Å². The topological polar surface area (TPSA) is 75.3 Å². The molecule has 0 fully saturated rings. The fraction of sp³-hybridized carbons (Fsp3) is 0.533. The molecule has 0 spiro atoms. The first-order valence-corrected chi connectivity index (χ1v) is 8.91. The molecule has 2 rings (SSSR count). The van der Waals surface area contributed by atoms with Crippen molar-refractivity contribution in [2.75, 3.05) is 19.3 Å². The van der Waals surface area contributed by atoms with Gasteiger partial charge in [0.25, 0.3) is 5.91 Å². The van der Waals surface area contributed by atoms with Gasteiger partial charge in [0, 0.05) is 24.9 Å². The van der Waals surface area contributed by atoms with E-state index in [4.69, 9.17) is 0 Å². The third-order valence-electron chi connectivity index (χ3n) is 4.06. The first kappa shape index (κ1) is 16.0. The summed E-state index contributed by atoms with van der Waals surface area (Å²) in [4.78, 5) is 12.4. The Morgan fingerprint density at radius 1 is 1.38 bits per heavy atom. The van der Waals surface area contributed by atoms with Crippen molar-refractivity contribution in [1.82, 2.24) is 10.6 Å². The second-order valence-corrected chi connectivity index (χ2v) is 8.73. The van der Waals surface area contributed by atoms with E-state index in [0.29, 0.717) is 5.56 Å². The Balaban J connectivity index is 2.15. The normalized spacial score (nSPS) is 15.4. The van der Waals surface area contributed by atoms with Crippen LogP contribution in [0.1, 0.15) is 35.3 Å². The van der Waals surface area contributed by atoms with Gasteiger partial charge < -0.3 is 10.6 Å². The molecule has 1 amide bonds. The van der Waals surface area contributed by atoms with E-state index >= 15 is 0 Å². The summed E-state index contributed by atoms with van der Waals surface area (Å²) in [6, 6.07) is 5.67. The lowest BCUT2D eigenvalue weighted by molar-refractivity contribution is 0.0949. The summed E-state index contributed by atoms with van der Waals surface area (Å²) in [6.45, 7) is 4.96. The molecule has 1 heterocycles. The molecule has 2 N–H and O–H groups in total. The molecule has 6 heteroatoms. The van der Waals surface area contributed by atoms with Crippen LogP contribution in [-0.4, -0.2) is 38.4 Å². The number of hydrogen-bond acceptors (Lipinski definition) is 4. The van der Waals surface area contributed by atoms with Crippen LogP contribution in [0, 0.1) is 0 Å². The van der Waals surface area contributed by atoms with Gasteiger partial charge in [-0.1, -0.05) is 12.1 Å². The molecule has 0 aliphatic carbocycles. The number of carbonyl (C=O) groups excluding carboxylic acids is 1. The van der Waals surface area contributed by atoms with Crippen molar-refractivity contribution >= 4 is 15.7 Å². The van der Waals surface area contributed by atoms with Crippen molar-refractivity contribution in [2.24, 2.45) is 0 Å². The summed E-state index contributed by atoms with van der Waals surface area (Å²) in [6.07, 6.45) is 2.00. The summed E-state index contributed by atoms with van der Waals surface area (Å²) in [5.41, 5.74) is 2.85. The largest absolute Gasteiger partial charge is 0.350 e. The van der Waals surface area contributed by atoms with Crippen molar-refractivity contribution in [2.45, 2.75) is 31.6 Å². The van der Waals surface area contributed by atoms with Gasteiger partial charge in [-0.05, 0) is 44.0 Å². The lowest BCUT2D eigenvalue weighted by atomic mass is 9.95. The minimum Gasteiger partial charge on any atom is -0.350 e. The second kappa shape index (κ2) is 5.77. The number of benzene rings is 1. The molecule has 1 aliphatic rings. The standard InChI is InChI=1S/C15H22N2O3S/c1-15(2,21(3,19)20)10-17-14(18)13-6-4-5-11-9-16-8-7-12(11)13/h4-6,16H,7-10H2,1-3H3,(H,17,18). The molecule has 0 bridgehead atoms. The first-order chi connectivity index (χ1) is 9.72. The lowest BCUT2D eigenvalue weighted by Gasteiger charge is -2.24. The Hall–Kier alpha value is -1.40. The molecule has 0 aromatic heterocycles. The van der Waals surface area contributed by atoms with E-state index in [1.165, 1.54) is 6.26 Å². The van der Waals surface area contributed by atoms with Gasteiger partial charge in [0.1, 0.15) is 0 Å². The molecular weight excluding hydrogens is 288 g/mol. The molecule has 0 unspecified atom stereocenters. The van der Waals surface area contributed by atoms with Gasteiger partial charge >= 0.3 is 0 Å². The van der Waals surface area contributed by atoms with E-state index < -0.39 is 14.6 Å². The zero-order valence-corrected chi connectivity index (χ0v) is 13.5. The van der Waals surface area contributed by atoms with Crippen molar-refractivity contribution in [3.8, 4) is 0 Å². The number of sulfone groups is 1. The van der Waals surface area contributed by atoms with Crippen LogP contribution in [0.5, 0.6) is 0 Å². The summed E-state index contributed by atoms with van der Waals surface area (Å²) in [5.74, 6) is -0.203. The van der Waals surface area contributed by atoms with Gasteiger partial charge in [-0.15, -0.1) is 0 Å². The smallest absolute Gasteiger partial charge is 0.251 e. The van der Waals surface area contributed by atoms with Gasteiger partial charge in [-0.25, -0.2) is 8.42 Å². The molecule has 0 saturated carbocycles. The van der Waals surface area contributed by atoms with Crippen molar-refractivity contribution < 1.29 is 13.2 Å². The zero-order valence-electron chi connectivity index (χ0n) is 12.7. The van der Waals surface area contributed by atoms with Crippen molar-refractivity contribution in [3.05, 3.63) is 34.9 Å². The minimum absolute atomic E-state index is 0.104. The Bertz CT molecular complexity index is 651.